The largest absolute Gasteiger partial charge is 0.504 e. The standard InChI is InChI=1S/C45H65NO8/c1-30(2)15-11-17-32(5)19-13-21-34(7)23-24-36-40-37(29-46(44(40)50)38(45(51)53-10)25-26-39(47)52-9)42(49)43(41(36)48)54-28-27-35(8)22-14-20-33(6)18-12-16-31(3)4/h15-16,19-20,23,27,38,48-49H,11-14,17-18,21-22,24-26,28-29H2,1-10H3. The minimum atomic E-state index is -1.10. The molecule has 0 radical (unpaired) electrons. The third kappa shape index (κ3) is 14.7. The number of amides is 1. The highest BCUT2D eigenvalue weighted by Crippen LogP contribution is 2.48. The van der Waals surface area contributed by atoms with Crippen LogP contribution in [0.3, 0.4) is 0 Å². The van der Waals surface area contributed by atoms with E-state index in [9.17, 15) is 24.6 Å². The van der Waals surface area contributed by atoms with Crippen molar-refractivity contribution in [3.8, 4) is 17.2 Å². The van der Waals surface area contributed by atoms with Gasteiger partial charge in [-0.2, -0.15) is 0 Å². The summed E-state index contributed by atoms with van der Waals surface area (Å²) in [5.41, 5.74) is 8.21. The van der Waals surface area contributed by atoms with Crippen LogP contribution in [0.2, 0.25) is 0 Å². The summed E-state index contributed by atoms with van der Waals surface area (Å²) in [6.07, 6.45) is 20.5. The zero-order valence-corrected chi connectivity index (χ0v) is 34.5. The number of phenols is 2. The third-order valence-corrected chi connectivity index (χ3v) is 9.67. The van der Waals surface area contributed by atoms with Crippen LogP contribution in [-0.4, -0.2) is 59.8 Å². The van der Waals surface area contributed by atoms with Gasteiger partial charge >= 0.3 is 11.9 Å². The lowest BCUT2D eigenvalue weighted by Crippen LogP contribution is -2.42. The molecule has 1 aliphatic rings. The highest BCUT2D eigenvalue weighted by atomic mass is 16.5. The van der Waals surface area contributed by atoms with Gasteiger partial charge in [0.1, 0.15) is 12.6 Å². The van der Waals surface area contributed by atoms with E-state index in [-0.39, 0.29) is 60.8 Å². The van der Waals surface area contributed by atoms with E-state index in [2.05, 4.69) is 65.8 Å². The van der Waals surface area contributed by atoms with E-state index in [1.165, 1.54) is 41.4 Å². The molecule has 2 N–H and O–H groups in total. The lowest BCUT2D eigenvalue weighted by molar-refractivity contribution is -0.147. The summed E-state index contributed by atoms with van der Waals surface area (Å²) < 4.78 is 15.8. The number of nitrogens with zero attached hydrogens (tertiary/aromatic N) is 1. The van der Waals surface area contributed by atoms with Gasteiger partial charge in [0.05, 0.1) is 26.3 Å². The summed E-state index contributed by atoms with van der Waals surface area (Å²) in [6.45, 7) is 16.7. The highest BCUT2D eigenvalue weighted by molar-refractivity contribution is 6.04. The van der Waals surface area contributed by atoms with Crippen molar-refractivity contribution < 1.29 is 38.8 Å². The quantitative estimate of drug-likeness (QED) is 0.0888. The molecular weight excluding hydrogens is 682 g/mol. The Morgan fingerprint density at radius 3 is 1.69 bits per heavy atom. The van der Waals surface area contributed by atoms with Crippen LogP contribution in [0.5, 0.6) is 17.2 Å². The molecule has 0 aliphatic carbocycles. The predicted octanol–water partition coefficient (Wildman–Crippen LogP) is 10.3. The van der Waals surface area contributed by atoms with E-state index in [1.807, 2.05) is 26.0 Å². The van der Waals surface area contributed by atoms with Gasteiger partial charge in [-0.3, -0.25) is 9.59 Å². The molecule has 1 aromatic carbocycles. The van der Waals surface area contributed by atoms with Crippen molar-refractivity contribution in [2.24, 2.45) is 0 Å². The first-order valence-electron chi connectivity index (χ1n) is 19.2. The average molecular weight is 748 g/mol. The van der Waals surface area contributed by atoms with E-state index < -0.39 is 23.9 Å². The molecule has 54 heavy (non-hydrogen) atoms. The summed E-state index contributed by atoms with van der Waals surface area (Å²) in [5.74, 6) is -2.54. The smallest absolute Gasteiger partial charge is 0.328 e. The number of ether oxygens (including phenoxy) is 3. The summed E-state index contributed by atoms with van der Waals surface area (Å²) in [5, 5.41) is 23.1. The van der Waals surface area contributed by atoms with Crippen LogP contribution in [-0.2, 0) is 32.0 Å². The number of carbonyl (C=O) groups excluding carboxylic acids is 3. The van der Waals surface area contributed by atoms with Crippen LogP contribution in [0.15, 0.2) is 69.9 Å². The van der Waals surface area contributed by atoms with Crippen molar-refractivity contribution in [1.82, 2.24) is 4.90 Å². The van der Waals surface area contributed by atoms with Crippen molar-refractivity contribution >= 4 is 17.8 Å². The summed E-state index contributed by atoms with van der Waals surface area (Å²) in [7, 11) is 2.47. The summed E-state index contributed by atoms with van der Waals surface area (Å²) in [4.78, 5) is 40.2. The van der Waals surface area contributed by atoms with Crippen molar-refractivity contribution in [3.63, 3.8) is 0 Å². The number of allylic oxidation sites excluding steroid dienone is 11. The molecule has 1 heterocycles. The van der Waals surface area contributed by atoms with Crippen molar-refractivity contribution in [2.75, 3.05) is 20.8 Å². The number of rotatable bonds is 22. The predicted molar refractivity (Wildman–Crippen MR) is 217 cm³/mol. The van der Waals surface area contributed by atoms with Crippen LogP contribution in [0, 0.1) is 0 Å². The number of methoxy groups -OCH3 is 2. The first-order valence-corrected chi connectivity index (χ1v) is 19.2. The molecular formula is C45H65NO8. The van der Waals surface area contributed by atoms with Gasteiger partial charge in [-0.15, -0.1) is 0 Å². The topological polar surface area (TPSA) is 123 Å². The second-order valence-electron chi connectivity index (χ2n) is 14.9. The fraction of sp³-hybridized carbons (Fsp3) is 0.533. The molecule has 0 spiro atoms. The van der Waals surface area contributed by atoms with Gasteiger partial charge in [0, 0.05) is 17.5 Å². The monoisotopic (exact) mass is 747 g/mol. The number of benzene rings is 1. The second-order valence-corrected chi connectivity index (χ2v) is 14.9. The zero-order chi connectivity index (χ0) is 40.4. The van der Waals surface area contributed by atoms with Gasteiger partial charge in [0.25, 0.3) is 5.91 Å². The highest BCUT2D eigenvalue weighted by Gasteiger charge is 2.42. The Hall–Kier alpha value is -4.53. The van der Waals surface area contributed by atoms with Crippen LogP contribution in [0.1, 0.15) is 141 Å². The molecule has 298 valence electrons. The van der Waals surface area contributed by atoms with Crippen LogP contribution < -0.4 is 4.74 Å². The molecule has 1 aromatic rings. The Kier molecular flexibility index (Phi) is 19.7. The Morgan fingerprint density at radius 2 is 1.19 bits per heavy atom. The first kappa shape index (κ1) is 45.6. The number of esters is 2. The van der Waals surface area contributed by atoms with Gasteiger partial charge < -0.3 is 29.3 Å². The molecule has 1 unspecified atom stereocenters. The molecule has 0 fully saturated rings. The van der Waals surface area contributed by atoms with Crippen LogP contribution >= 0.6 is 0 Å². The van der Waals surface area contributed by atoms with E-state index in [0.717, 1.165) is 62.5 Å². The Balaban J connectivity index is 2.38. The molecule has 0 aromatic heterocycles. The SMILES string of the molecule is COC(=O)CCC(C(=O)OC)N1Cc2c(O)c(OCC=C(C)CCC=C(C)CCC=C(C)C)c(O)c(CC=C(C)CCC=C(C)CCC=C(C)C)c2C1=O. The fourth-order valence-electron chi connectivity index (χ4n) is 6.31. The number of carbonyl (C=O) groups is 3. The van der Waals surface area contributed by atoms with E-state index in [0.29, 0.717) is 5.56 Å². The Bertz CT molecular complexity index is 1650. The fourth-order valence-corrected chi connectivity index (χ4v) is 6.31. The van der Waals surface area contributed by atoms with E-state index in [4.69, 9.17) is 14.2 Å². The minimum Gasteiger partial charge on any atom is -0.504 e. The molecule has 0 saturated heterocycles. The second kappa shape index (κ2) is 23.3. The van der Waals surface area contributed by atoms with Crippen molar-refractivity contribution in [3.05, 3.63) is 86.6 Å². The molecule has 0 saturated carbocycles. The Morgan fingerprint density at radius 1 is 0.685 bits per heavy atom. The molecule has 2 rings (SSSR count). The maximum atomic E-state index is 14.1. The number of phenolic OH excluding ortho intramolecular Hbond substituents is 2. The lowest BCUT2D eigenvalue weighted by atomic mass is 9.96. The minimum absolute atomic E-state index is 0.0287. The zero-order valence-electron chi connectivity index (χ0n) is 34.5. The lowest BCUT2D eigenvalue weighted by Gasteiger charge is -2.25. The van der Waals surface area contributed by atoms with Gasteiger partial charge in [0.2, 0.25) is 5.75 Å². The average Bonchev–Trinajstić information content (AvgIpc) is 3.45. The number of hydrogen-bond acceptors (Lipinski definition) is 8. The molecule has 0 bridgehead atoms. The van der Waals surface area contributed by atoms with Gasteiger partial charge in [-0.05, 0) is 126 Å². The maximum Gasteiger partial charge on any atom is 0.328 e. The molecule has 1 atom stereocenters. The third-order valence-electron chi connectivity index (χ3n) is 9.67. The van der Waals surface area contributed by atoms with E-state index in [1.54, 1.807) is 0 Å². The normalized spacial score (nSPS) is 14.1. The number of hydrogen-bond donors (Lipinski definition) is 2. The molecule has 1 amide bonds. The van der Waals surface area contributed by atoms with Crippen molar-refractivity contribution in [2.45, 2.75) is 139 Å². The molecule has 1 aliphatic heterocycles. The van der Waals surface area contributed by atoms with E-state index >= 15 is 0 Å². The van der Waals surface area contributed by atoms with Crippen LogP contribution in [0.25, 0.3) is 0 Å². The van der Waals surface area contributed by atoms with Crippen LogP contribution in [0.4, 0.5) is 0 Å². The van der Waals surface area contributed by atoms with Gasteiger partial charge in [0.15, 0.2) is 11.5 Å². The molecule has 9 nitrogen and oxygen atoms in total. The Labute approximate surface area is 324 Å². The van der Waals surface area contributed by atoms with Crippen molar-refractivity contribution in [1.29, 1.82) is 0 Å². The molecule has 9 heteroatoms. The van der Waals surface area contributed by atoms with Gasteiger partial charge in [-0.1, -0.05) is 63.8 Å². The number of aromatic hydroxyl groups is 2. The maximum absolute atomic E-state index is 14.1. The summed E-state index contributed by atoms with van der Waals surface area (Å²) >= 11 is 0. The number of fused-ring (bicyclic) bond motifs is 1. The first-order chi connectivity index (χ1) is 25.6. The van der Waals surface area contributed by atoms with Gasteiger partial charge in [-0.25, -0.2) is 4.79 Å². The summed E-state index contributed by atoms with van der Waals surface area (Å²) in [6, 6.07) is -1.10.